The van der Waals surface area contributed by atoms with Gasteiger partial charge in [-0.25, -0.2) is 0 Å². The molecule has 1 unspecified atom stereocenters. The minimum absolute atomic E-state index is 0.0184. The second-order valence-electron chi connectivity index (χ2n) is 8.30. The van der Waals surface area contributed by atoms with E-state index in [9.17, 15) is 9.90 Å². The summed E-state index contributed by atoms with van der Waals surface area (Å²) in [4.78, 5) is 15.8. The molecule has 0 spiro atoms. The first-order chi connectivity index (χ1) is 15.3. The minimum atomic E-state index is -0.323. The van der Waals surface area contributed by atoms with E-state index in [-0.39, 0.29) is 23.8 Å². The van der Waals surface area contributed by atoms with Crippen LogP contribution in [-0.4, -0.2) is 29.6 Å². The van der Waals surface area contributed by atoms with Crippen molar-refractivity contribution in [2.45, 2.75) is 52.1 Å². The monoisotopic (exact) mass is 547 g/mol. The third-order valence-electron chi connectivity index (χ3n) is 5.15. The third kappa shape index (κ3) is 8.24. The first kappa shape index (κ1) is 25.8. The number of hydrogen-bond donors (Lipinski definition) is 3. The van der Waals surface area contributed by atoms with Crippen LogP contribution in [0.2, 0.25) is 0 Å². The number of aliphatic hydroxyl groups excluding tert-OH is 1. The fourth-order valence-corrected chi connectivity index (χ4v) is 3.92. The Morgan fingerprint density at radius 2 is 1.72 bits per heavy atom. The maximum Gasteiger partial charge on any atom is 0.389 e. The van der Waals surface area contributed by atoms with Crippen LogP contribution in [0.15, 0.2) is 60.5 Å². The van der Waals surface area contributed by atoms with Crippen LogP contribution in [0.1, 0.15) is 50.4 Å². The van der Waals surface area contributed by atoms with Gasteiger partial charge in [-0.05, 0) is 76.7 Å². The van der Waals surface area contributed by atoms with Gasteiger partial charge in [0.15, 0.2) is 10.7 Å². The van der Waals surface area contributed by atoms with Gasteiger partial charge in [-0.2, -0.15) is 0 Å². The average molecular weight is 547 g/mol. The molecule has 0 aliphatic rings. The summed E-state index contributed by atoms with van der Waals surface area (Å²) in [5.74, 6) is 0.255. The molecule has 0 saturated heterocycles. The van der Waals surface area contributed by atoms with E-state index in [1.807, 2.05) is 31.2 Å². The predicted octanol–water partition coefficient (Wildman–Crippen LogP) is 6.11. The number of aliphatic hydroxyl groups is 1. The minimum Gasteiger partial charge on any atom is -0.504 e. The summed E-state index contributed by atoms with van der Waals surface area (Å²) in [6.07, 6.45) is 3.39. The molecular weight excluding hydrogens is 515 g/mol. The Balaban J connectivity index is 2.06. The van der Waals surface area contributed by atoms with Gasteiger partial charge >= 0.3 is 6.20 Å². The Kier molecular flexibility index (Phi) is 10.6. The topological polar surface area (TPSA) is 89.5 Å². The Morgan fingerprint density at radius 1 is 1.12 bits per heavy atom. The molecule has 0 aromatic heterocycles. The van der Waals surface area contributed by atoms with Gasteiger partial charge in [-0.15, -0.1) is 0 Å². The summed E-state index contributed by atoms with van der Waals surface area (Å²) < 4.78 is 1.18. The van der Waals surface area contributed by atoms with Crippen LogP contribution in [0, 0.1) is 14.9 Å². The molecule has 170 valence electrons. The van der Waals surface area contributed by atoms with Gasteiger partial charge < -0.3 is 15.7 Å². The highest BCUT2D eigenvalue weighted by Gasteiger charge is 2.20. The van der Waals surface area contributed by atoms with Crippen LogP contribution >= 0.6 is 22.6 Å². The highest BCUT2D eigenvalue weighted by atomic mass is 127. The molecule has 2 aromatic rings. The predicted molar refractivity (Wildman–Crippen MR) is 138 cm³/mol. The van der Waals surface area contributed by atoms with E-state index < -0.39 is 0 Å². The van der Waals surface area contributed by atoms with Gasteiger partial charge in [0.05, 0.1) is 6.04 Å². The lowest BCUT2D eigenvalue weighted by Gasteiger charge is -2.24. The number of carbonyl (C=O) groups excluding carboxylic acids is 1. The molecule has 2 aromatic carbocycles. The smallest absolute Gasteiger partial charge is 0.389 e. The van der Waals surface area contributed by atoms with Crippen LogP contribution in [-0.2, 0) is 0 Å². The van der Waals surface area contributed by atoms with Crippen molar-refractivity contribution in [2.75, 3.05) is 6.54 Å². The molecular formula is C25H32IN4O2+. The molecule has 1 amide bonds. The lowest BCUT2D eigenvalue weighted by Crippen LogP contribution is -2.46. The zero-order chi connectivity index (χ0) is 23.5. The molecule has 0 heterocycles. The van der Waals surface area contributed by atoms with Crippen LogP contribution in [0.25, 0.3) is 16.1 Å². The number of nitrogens with one attached hydrogen (secondary N) is 2. The second kappa shape index (κ2) is 13.2. The van der Waals surface area contributed by atoms with Crippen molar-refractivity contribution in [3.63, 3.8) is 0 Å². The van der Waals surface area contributed by atoms with Crippen molar-refractivity contribution >= 4 is 28.5 Å². The number of benzene rings is 2. The average Bonchev–Trinajstić information content (AvgIpc) is 2.76. The first-order valence-corrected chi connectivity index (χ1v) is 12.0. The van der Waals surface area contributed by atoms with E-state index in [2.05, 4.69) is 76.3 Å². The van der Waals surface area contributed by atoms with Crippen LogP contribution < -0.4 is 10.6 Å². The van der Waals surface area contributed by atoms with E-state index in [1.165, 1.54) is 3.57 Å². The fourth-order valence-electron chi connectivity index (χ4n) is 3.56. The fraction of sp³-hybridized carbons (Fsp3) is 0.400. The normalized spacial score (nSPS) is 13.4. The van der Waals surface area contributed by atoms with Crippen molar-refractivity contribution in [1.82, 2.24) is 10.6 Å². The lowest BCUT2D eigenvalue weighted by molar-refractivity contribution is 0.0931. The third-order valence-corrected chi connectivity index (χ3v) is 5.87. The quantitative estimate of drug-likeness (QED) is 0.180. The number of diazo groups is 1. The zero-order valence-corrected chi connectivity index (χ0v) is 21.0. The number of nitrogens with zero attached hydrogens (tertiary/aromatic N) is 2. The number of hydrogen-bond acceptors (Lipinski definition) is 4. The molecule has 6 nitrogen and oxygen atoms in total. The zero-order valence-electron chi connectivity index (χ0n) is 18.9. The summed E-state index contributed by atoms with van der Waals surface area (Å²) >= 11 is 2.28. The summed E-state index contributed by atoms with van der Waals surface area (Å²) in [6.45, 7) is 6.74. The maximum absolute atomic E-state index is 12.9. The SMILES string of the molecule is CCCC(NC[C@H](CC(C)C)NC(=O)c1ccc(-c2ccc(I)cc2)cc1)/C(O)=C\[N+]#N. The summed E-state index contributed by atoms with van der Waals surface area (Å²) in [5, 5.41) is 25.2. The van der Waals surface area contributed by atoms with Crippen molar-refractivity contribution in [3.8, 4) is 11.1 Å². The molecule has 0 bridgehead atoms. The van der Waals surface area contributed by atoms with Crippen molar-refractivity contribution in [3.05, 3.63) is 74.6 Å². The lowest BCUT2D eigenvalue weighted by atomic mass is 10.0. The van der Waals surface area contributed by atoms with Crippen molar-refractivity contribution < 1.29 is 9.90 Å². The number of rotatable bonds is 11. The Morgan fingerprint density at radius 3 is 2.25 bits per heavy atom. The number of carbonyl (C=O) groups is 1. The summed E-state index contributed by atoms with van der Waals surface area (Å²) in [6, 6.07) is 15.5. The van der Waals surface area contributed by atoms with Crippen LogP contribution in [0.5, 0.6) is 0 Å². The molecule has 0 radical (unpaired) electrons. The van der Waals surface area contributed by atoms with Gasteiger partial charge in [0, 0.05) is 21.7 Å². The van der Waals surface area contributed by atoms with E-state index in [4.69, 9.17) is 5.39 Å². The molecule has 3 N–H and O–H groups in total. The van der Waals surface area contributed by atoms with E-state index in [0.29, 0.717) is 24.4 Å². The molecule has 0 aliphatic heterocycles. The van der Waals surface area contributed by atoms with Gasteiger partial charge in [0.25, 0.3) is 5.91 Å². The number of halogens is 1. The standard InChI is InChI=1S/C25H31IN4O2/c1-4-5-23(24(31)16-29-27)28-15-22(14-17(2)3)30-25(32)20-8-6-18(7-9-20)19-10-12-21(26)13-11-19/h6-13,16-17,22-23,28H,4-5,14-15H2,1-3H3,(H-,30,31,32)/p+1/b24-16+/t22-,23?/m0/s1. The second-order valence-corrected chi connectivity index (χ2v) is 9.55. The maximum atomic E-state index is 12.9. The van der Waals surface area contributed by atoms with Gasteiger partial charge in [-0.3, -0.25) is 4.79 Å². The van der Waals surface area contributed by atoms with E-state index in [1.54, 1.807) is 0 Å². The first-order valence-electron chi connectivity index (χ1n) is 11.0. The van der Waals surface area contributed by atoms with Crippen molar-refractivity contribution in [2.24, 2.45) is 5.92 Å². The molecule has 0 aliphatic carbocycles. The molecule has 2 rings (SSSR count). The van der Waals surface area contributed by atoms with Crippen LogP contribution in [0.3, 0.4) is 0 Å². The van der Waals surface area contributed by atoms with Crippen molar-refractivity contribution in [1.29, 1.82) is 5.39 Å². The van der Waals surface area contributed by atoms with Gasteiger partial charge in [-0.1, -0.05) is 51.5 Å². The molecule has 7 heteroatoms. The number of amides is 1. The summed E-state index contributed by atoms with van der Waals surface area (Å²) in [7, 11) is 0. The van der Waals surface area contributed by atoms with Crippen LogP contribution in [0.4, 0.5) is 0 Å². The largest absolute Gasteiger partial charge is 0.504 e. The molecule has 32 heavy (non-hydrogen) atoms. The summed E-state index contributed by atoms with van der Waals surface area (Å²) in [5.41, 5.74) is 2.79. The highest BCUT2D eigenvalue weighted by Crippen LogP contribution is 2.21. The Labute approximate surface area is 204 Å². The molecule has 0 saturated carbocycles. The Bertz CT molecular complexity index is 934. The van der Waals surface area contributed by atoms with E-state index >= 15 is 0 Å². The molecule has 2 atom stereocenters. The van der Waals surface area contributed by atoms with Gasteiger partial charge in [0.2, 0.25) is 5.39 Å². The van der Waals surface area contributed by atoms with Gasteiger partial charge in [0.1, 0.15) is 0 Å². The highest BCUT2D eigenvalue weighted by molar-refractivity contribution is 14.1. The molecule has 0 fully saturated rings. The Hall–Kier alpha value is -2.44. The van der Waals surface area contributed by atoms with E-state index in [0.717, 1.165) is 30.2 Å².